The lowest BCUT2D eigenvalue weighted by molar-refractivity contribution is -0.119. The zero-order valence-corrected chi connectivity index (χ0v) is 10.3. The molecule has 1 unspecified atom stereocenters. The molecule has 0 bridgehead atoms. The summed E-state index contributed by atoms with van der Waals surface area (Å²) in [7, 11) is 1.65. The normalized spacial score (nSPS) is 12.5. The molecular weight excluding hydrogens is 214 g/mol. The number of aliphatic hydroxyl groups is 1. The summed E-state index contributed by atoms with van der Waals surface area (Å²) in [5.41, 5.74) is 0. The van der Waals surface area contributed by atoms with Gasteiger partial charge in [-0.3, -0.25) is 4.79 Å². The Morgan fingerprint density at radius 1 is 1.60 bits per heavy atom. The van der Waals surface area contributed by atoms with Crippen molar-refractivity contribution in [3.8, 4) is 0 Å². The molecule has 0 aliphatic heterocycles. The van der Waals surface area contributed by atoms with Crippen molar-refractivity contribution in [1.82, 2.24) is 5.32 Å². The molecule has 0 fully saturated rings. The zero-order chi connectivity index (χ0) is 11.5. The van der Waals surface area contributed by atoms with Gasteiger partial charge in [0, 0.05) is 25.5 Å². The van der Waals surface area contributed by atoms with Crippen molar-refractivity contribution in [3.63, 3.8) is 0 Å². The van der Waals surface area contributed by atoms with E-state index < -0.39 is 0 Å². The summed E-state index contributed by atoms with van der Waals surface area (Å²) >= 11 is 1.57. The highest BCUT2D eigenvalue weighted by molar-refractivity contribution is 7.99. The molecule has 0 heterocycles. The molecule has 0 spiro atoms. The average molecular weight is 235 g/mol. The Balaban J connectivity index is 3.38. The fourth-order valence-electron chi connectivity index (χ4n) is 1.09. The van der Waals surface area contributed by atoms with Crippen molar-refractivity contribution in [2.45, 2.75) is 25.8 Å². The summed E-state index contributed by atoms with van der Waals surface area (Å²) < 4.78 is 4.88. The van der Waals surface area contributed by atoms with Crippen LogP contribution in [-0.4, -0.2) is 48.9 Å². The molecule has 0 aromatic heterocycles. The molecule has 0 saturated heterocycles. The highest BCUT2D eigenvalue weighted by atomic mass is 32.2. The molecule has 1 amide bonds. The molecule has 0 aliphatic rings. The number of rotatable bonds is 9. The molecule has 2 N–H and O–H groups in total. The first kappa shape index (κ1) is 14.7. The molecule has 15 heavy (non-hydrogen) atoms. The largest absolute Gasteiger partial charge is 0.396 e. The first-order valence-electron chi connectivity index (χ1n) is 5.17. The Labute approximate surface area is 95.8 Å². The van der Waals surface area contributed by atoms with E-state index in [0.29, 0.717) is 12.4 Å². The minimum atomic E-state index is 0.0570. The van der Waals surface area contributed by atoms with Gasteiger partial charge in [0.2, 0.25) is 5.91 Å². The van der Waals surface area contributed by atoms with Crippen LogP contribution in [0.15, 0.2) is 0 Å². The van der Waals surface area contributed by atoms with Gasteiger partial charge in [-0.15, -0.1) is 11.8 Å². The zero-order valence-electron chi connectivity index (χ0n) is 9.49. The lowest BCUT2D eigenvalue weighted by atomic mass is 10.2. The van der Waals surface area contributed by atoms with Crippen molar-refractivity contribution in [1.29, 1.82) is 0 Å². The van der Waals surface area contributed by atoms with Crippen molar-refractivity contribution in [2.75, 3.05) is 31.8 Å². The number of carbonyl (C=O) groups excluding carboxylic acids is 1. The van der Waals surface area contributed by atoms with Crippen LogP contribution in [0.1, 0.15) is 19.8 Å². The van der Waals surface area contributed by atoms with Crippen LogP contribution in [0.5, 0.6) is 0 Å². The van der Waals surface area contributed by atoms with Crippen molar-refractivity contribution < 1.29 is 14.6 Å². The van der Waals surface area contributed by atoms with E-state index in [0.717, 1.165) is 18.6 Å². The third-order valence-electron chi connectivity index (χ3n) is 1.87. The number of nitrogens with one attached hydrogen (secondary N) is 1. The Bertz CT molecular complexity index is 167. The minimum Gasteiger partial charge on any atom is -0.396 e. The van der Waals surface area contributed by atoms with Gasteiger partial charge in [-0.05, 0) is 19.8 Å². The van der Waals surface area contributed by atoms with Gasteiger partial charge in [0.15, 0.2) is 0 Å². The smallest absolute Gasteiger partial charge is 0.230 e. The highest BCUT2D eigenvalue weighted by Crippen LogP contribution is 2.00. The summed E-state index contributed by atoms with van der Waals surface area (Å²) in [5, 5.41) is 11.5. The molecule has 0 aromatic rings. The number of thioether (sulfide) groups is 1. The summed E-state index contributed by atoms with van der Waals surface area (Å²) in [6.07, 6.45) is 1.56. The minimum absolute atomic E-state index is 0.0570. The molecule has 90 valence electrons. The Hall–Kier alpha value is -0.260. The summed E-state index contributed by atoms with van der Waals surface area (Å²) in [4.78, 5) is 11.3. The quantitative estimate of drug-likeness (QED) is 0.576. The van der Waals surface area contributed by atoms with Gasteiger partial charge in [-0.1, -0.05) is 0 Å². The third-order valence-corrected chi connectivity index (χ3v) is 2.79. The number of hydrogen-bond donors (Lipinski definition) is 2. The second-order valence-electron chi connectivity index (χ2n) is 3.38. The third kappa shape index (κ3) is 10.0. The maximum Gasteiger partial charge on any atom is 0.230 e. The van der Waals surface area contributed by atoms with E-state index in [1.54, 1.807) is 18.9 Å². The fourth-order valence-corrected chi connectivity index (χ4v) is 1.79. The van der Waals surface area contributed by atoms with Crippen molar-refractivity contribution >= 4 is 17.7 Å². The van der Waals surface area contributed by atoms with Gasteiger partial charge in [0.1, 0.15) is 0 Å². The van der Waals surface area contributed by atoms with Crippen LogP contribution in [0.2, 0.25) is 0 Å². The predicted molar refractivity (Wildman–Crippen MR) is 63.1 cm³/mol. The summed E-state index contributed by atoms with van der Waals surface area (Å²) in [6, 6.07) is 0.146. The SMILES string of the molecule is COCCSCC(=O)NC(C)CCCO. The molecule has 0 saturated carbocycles. The molecule has 1 atom stereocenters. The maximum absolute atomic E-state index is 11.3. The molecule has 5 heteroatoms. The lowest BCUT2D eigenvalue weighted by Gasteiger charge is -2.12. The van der Waals surface area contributed by atoms with Gasteiger partial charge in [-0.25, -0.2) is 0 Å². The molecule has 0 aromatic carbocycles. The molecule has 0 radical (unpaired) electrons. The Morgan fingerprint density at radius 2 is 2.33 bits per heavy atom. The summed E-state index contributed by atoms with van der Waals surface area (Å²) in [5.74, 6) is 1.38. The standard InChI is InChI=1S/C10H21NO3S/c1-9(4-3-5-12)11-10(13)8-15-7-6-14-2/h9,12H,3-8H2,1-2H3,(H,11,13). The van der Waals surface area contributed by atoms with Gasteiger partial charge in [-0.2, -0.15) is 0 Å². The van der Waals surface area contributed by atoms with Crippen LogP contribution in [-0.2, 0) is 9.53 Å². The van der Waals surface area contributed by atoms with Gasteiger partial charge in [0.05, 0.1) is 12.4 Å². The Morgan fingerprint density at radius 3 is 2.93 bits per heavy atom. The molecule has 0 rings (SSSR count). The topological polar surface area (TPSA) is 58.6 Å². The van der Waals surface area contributed by atoms with Gasteiger partial charge in [0.25, 0.3) is 0 Å². The lowest BCUT2D eigenvalue weighted by Crippen LogP contribution is -2.34. The van der Waals surface area contributed by atoms with Gasteiger partial charge >= 0.3 is 0 Å². The van der Waals surface area contributed by atoms with Crippen LogP contribution >= 0.6 is 11.8 Å². The van der Waals surface area contributed by atoms with E-state index in [4.69, 9.17) is 9.84 Å². The van der Waals surface area contributed by atoms with Crippen LogP contribution in [0.3, 0.4) is 0 Å². The van der Waals surface area contributed by atoms with Gasteiger partial charge < -0.3 is 15.2 Å². The van der Waals surface area contributed by atoms with E-state index in [1.165, 1.54) is 0 Å². The highest BCUT2D eigenvalue weighted by Gasteiger charge is 2.06. The molecular formula is C10H21NO3S. The number of amides is 1. The number of ether oxygens (including phenoxy) is 1. The average Bonchev–Trinajstić information content (AvgIpc) is 2.21. The van der Waals surface area contributed by atoms with Crippen molar-refractivity contribution in [2.24, 2.45) is 0 Å². The number of carbonyl (C=O) groups is 1. The van der Waals surface area contributed by atoms with E-state index in [2.05, 4.69) is 5.32 Å². The Kier molecular flexibility index (Phi) is 10.1. The number of methoxy groups -OCH3 is 1. The van der Waals surface area contributed by atoms with E-state index >= 15 is 0 Å². The number of hydrogen-bond acceptors (Lipinski definition) is 4. The van der Waals surface area contributed by atoms with Crippen LogP contribution < -0.4 is 5.32 Å². The second-order valence-corrected chi connectivity index (χ2v) is 4.48. The fraction of sp³-hybridized carbons (Fsp3) is 0.900. The predicted octanol–water partition coefficient (Wildman–Crippen LogP) is 0.643. The number of aliphatic hydroxyl groups excluding tert-OH is 1. The molecule has 0 aliphatic carbocycles. The van der Waals surface area contributed by atoms with Crippen LogP contribution in [0, 0.1) is 0 Å². The monoisotopic (exact) mass is 235 g/mol. The maximum atomic E-state index is 11.3. The van der Waals surface area contributed by atoms with E-state index in [9.17, 15) is 4.79 Å². The van der Waals surface area contributed by atoms with E-state index in [-0.39, 0.29) is 18.6 Å². The van der Waals surface area contributed by atoms with Crippen molar-refractivity contribution in [3.05, 3.63) is 0 Å². The molecule has 4 nitrogen and oxygen atoms in total. The van der Waals surface area contributed by atoms with Crippen LogP contribution in [0.4, 0.5) is 0 Å². The van der Waals surface area contributed by atoms with Crippen LogP contribution in [0.25, 0.3) is 0 Å². The first-order chi connectivity index (χ1) is 7.20. The van der Waals surface area contributed by atoms with E-state index in [1.807, 2.05) is 6.92 Å². The summed E-state index contributed by atoms with van der Waals surface area (Å²) in [6.45, 7) is 2.81. The second kappa shape index (κ2) is 10.3. The first-order valence-corrected chi connectivity index (χ1v) is 6.33.